The van der Waals surface area contributed by atoms with E-state index in [-0.39, 0.29) is 28.0 Å². The number of rotatable bonds is 2. The van der Waals surface area contributed by atoms with Crippen LogP contribution < -0.4 is 5.73 Å². The molecule has 0 amide bonds. The fraction of sp³-hybridized carbons (Fsp3) is 0. The Morgan fingerprint density at radius 2 is 2.00 bits per heavy atom. The Morgan fingerprint density at radius 3 is 2.65 bits per heavy atom. The fourth-order valence-electron chi connectivity index (χ4n) is 1.60. The summed E-state index contributed by atoms with van der Waals surface area (Å²) in [5, 5.41) is 19.4. The average molecular weight is 393 g/mol. The van der Waals surface area contributed by atoms with Crippen LogP contribution in [-0.4, -0.2) is 21.5 Å². The van der Waals surface area contributed by atoms with Crippen molar-refractivity contribution in [3.05, 3.63) is 58.9 Å². The van der Waals surface area contributed by atoms with E-state index in [0.717, 1.165) is 10.3 Å². The van der Waals surface area contributed by atoms with E-state index in [1.165, 1.54) is 0 Å². The van der Waals surface area contributed by atoms with Crippen molar-refractivity contribution in [2.45, 2.75) is 0 Å². The molecule has 23 heavy (non-hydrogen) atoms. The van der Waals surface area contributed by atoms with Gasteiger partial charge in [-0.1, -0.05) is 24.3 Å². The van der Waals surface area contributed by atoms with Crippen LogP contribution in [-0.2, 0) is 29.7 Å². The van der Waals surface area contributed by atoms with Gasteiger partial charge in [0, 0.05) is 16.5 Å². The molecule has 0 bridgehead atoms. The van der Waals surface area contributed by atoms with Crippen LogP contribution in [0.15, 0.2) is 64.2 Å². The summed E-state index contributed by atoms with van der Waals surface area (Å²) in [5.74, 6) is 0.239. The molecule has 3 aromatic rings. The van der Waals surface area contributed by atoms with Gasteiger partial charge in [-0.05, 0) is 28.7 Å². The molecular formula is C15H13CuN4OS2. The van der Waals surface area contributed by atoms with E-state index in [1.54, 1.807) is 35.9 Å². The van der Waals surface area contributed by atoms with Gasteiger partial charge in [-0.15, -0.1) is 11.3 Å². The number of pyridine rings is 1. The molecule has 0 aliphatic rings. The molecule has 2 heterocycles. The third-order valence-corrected chi connectivity index (χ3v) is 3.38. The van der Waals surface area contributed by atoms with Crippen molar-refractivity contribution in [2.24, 2.45) is 15.9 Å². The fourth-order valence-corrected chi connectivity index (χ4v) is 2.22. The Hall–Kier alpha value is -1.99. The van der Waals surface area contributed by atoms with Crippen molar-refractivity contribution in [1.29, 1.82) is 0 Å². The molecule has 8 heteroatoms. The quantitative estimate of drug-likeness (QED) is 0.231. The number of phenols is 1. The summed E-state index contributed by atoms with van der Waals surface area (Å²) < 4.78 is 0. The van der Waals surface area contributed by atoms with Crippen LogP contribution in [0, 0.1) is 0 Å². The molecule has 0 aliphatic heterocycles. The van der Waals surface area contributed by atoms with Gasteiger partial charge in [0.2, 0.25) is 0 Å². The third-order valence-electron chi connectivity index (χ3n) is 2.50. The molecule has 3 N–H and O–H groups in total. The Morgan fingerprint density at radius 1 is 1.22 bits per heavy atom. The molecule has 2 aromatic heterocycles. The zero-order valence-corrected chi connectivity index (χ0v) is 14.3. The van der Waals surface area contributed by atoms with Gasteiger partial charge in [0.15, 0.2) is 0 Å². The smallest absolute Gasteiger partial charge is 0.741 e. The molecule has 0 fully saturated rings. The first-order chi connectivity index (χ1) is 10.7. The number of aromatic nitrogens is 1. The van der Waals surface area contributed by atoms with Crippen LogP contribution in [0.2, 0.25) is 0 Å². The zero-order valence-electron chi connectivity index (χ0n) is 11.8. The van der Waals surface area contributed by atoms with Crippen molar-refractivity contribution in [2.75, 3.05) is 0 Å². The molecule has 0 saturated carbocycles. The number of benzene rings is 1. The molecule has 3 rings (SSSR count). The van der Waals surface area contributed by atoms with Crippen LogP contribution in [0.3, 0.4) is 0 Å². The number of nitrogens with zero attached hydrogens (tertiary/aromatic N) is 3. The van der Waals surface area contributed by atoms with E-state index >= 15 is 0 Å². The first kappa shape index (κ1) is 19.1. The van der Waals surface area contributed by atoms with E-state index in [0.29, 0.717) is 5.52 Å². The largest absolute Gasteiger partial charge is 1.00 e. The molecule has 122 valence electrons. The van der Waals surface area contributed by atoms with Gasteiger partial charge < -0.3 is 23.5 Å². The summed E-state index contributed by atoms with van der Waals surface area (Å²) in [7, 11) is 0. The van der Waals surface area contributed by atoms with E-state index in [9.17, 15) is 5.11 Å². The van der Waals surface area contributed by atoms with Crippen molar-refractivity contribution in [3.8, 4) is 5.75 Å². The minimum atomic E-state index is 0. The SMILES string of the molecule is N/C([S-])=N\N=C\c1cccs1.Oc1cccc2cccnc12.[Cu+]. The second-order valence-corrected chi connectivity index (χ2v) is 5.45. The van der Waals surface area contributed by atoms with E-state index < -0.39 is 0 Å². The van der Waals surface area contributed by atoms with Crippen molar-refractivity contribution < 1.29 is 22.2 Å². The first-order valence-electron chi connectivity index (χ1n) is 6.26. The average Bonchev–Trinajstić information content (AvgIpc) is 3.01. The van der Waals surface area contributed by atoms with Gasteiger partial charge in [0.05, 0.1) is 6.21 Å². The summed E-state index contributed by atoms with van der Waals surface area (Å²) in [6.07, 6.45) is 3.28. The topological polar surface area (TPSA) is 83.9 Å². The summed E-state index contributed by atoms with van der Waals surface area (Å²) in [4.78, 5) is 5.06. The van der Waals surface area contributed by atoms with E-state index in [4.69, 9.17) is 5.73 Å². The van der Waals surface area contributed by atoms with Crippen LogP contribution in [0.4, 0.5) is 0 Å². The Kier molecular flexibility index (Phi) is 8.21. The Balaban J connectivity index is 0.000000220. The number of aromatic hydroxyl groups is 1. The molecule has 0 aliphatic carbocycles. The van der Waals surface area contributed by atoms with Gasteiger partial charge >= 0.3 is 17.1 Å². The third kappa shape index (κ3) is 6.33. The van der Waals surface area contributed by atoms with Gasteiger partial charge in [0.1, 0.15) is 11.3 Å². The zero-order chi connectivity index (χ0) is 15.8. The molecule has 1 aromatic carbocycles. The number of nitrogens with two attached hydrogens (primary N) is 1. The van der Waals surface area contributed by atoms with E-state index in [1.807, 2.05) is 35.7 Å². The van der Waals surface area contributed by atoms with Crippen molar-refractivity contribution in [1.82, 2.24) is 4.98 Å². The number of thiophene rings is 1. The minimum Gasteiger partial charge on any atom is -0.741 e. The van der Waals surface area contributed by atoms with Crippen molar-refractivity contribution in [3.63, 3.8) is 0 Å². The number of hydrogen-bond acceptors (Lipinski definition) is 6. The minimum absolute atomic E-state index is 0. The Labute approximate surface area is 153 Å². The predicted molar refractivity (Wildman–Crippen MR) is 94.3 cm³/mol. The summed E-state index contributed by atoms with van der Waals surface area (Å²) in [6.45, 7) is 0. The first-order valence-corrected chi connectivity index (χ1v) is 7.55. The molecule has 0 atom stereocenters. The number of phenolic OH excluding ortho intramolecular Hbond substituents is 1. The maximum atomic E-state index is 9.31. The molecule has 0 spiro atoms. The maximum Gasteiger partial charge on any atom is 1.00 e. The second-order valence-electron chi connectivity index (χ2n) is 4.05. The van der Waals surface area contributed by atoms with Gasteiger partial charge in [0.25, 0.3) is 0 Å². The van der Waals surface area contributed by atoms with Crippen LogP contribution in [0.5, 0.6) is 5.75 Å². The predicted octanol–water partition coefficient (Wildman–Crippen LogP) is 2.88. The number of amidine groups is 1. The molecular weight excluding hydrogens is 380 g/mol. The van der Waals surface area contributed by atoms with Crippen LogP contribution >= 0.6 is 11.3 Å². The van der Waals surface area contributed by atoms with Crippen LogP contribution in [0.25, 0.3) is 10.9 Å². The summed E-state index contributed by atoms with van der Waals surface area (Å²) in [6, 6.07) is 13.0. The Bertz CT molecular complexity index is 782. The maximum absolute atomic E-state index is 9.31. The standard InChI is InChI=1S/C9H7NO.C6H7N3S2.Cu/c11-8-5-1-3-7-4-2-6-10-9(7)8;7-6(10)9-8-4-5-2-1-3-11-5;/h1-6,11H;1-4H,(H3,7,9,10);/q;;+1/p-1/b;8-4+;. The summed E-state index contributed by atoms with van der Waals surface area (Å²) in [5.41, 5.74) is 5.75. The normalized spacial score (nSPS) is 10.9. The molecule has 0 saturated heterocycles. The van der Waals surface area contributed by atoms with Crippen LogP contribution in [0.1, 0.15) is 4.88 Å². The number of fused-ring (bicyclic) bond motifs is 1. The van der Waals surface area contributed by atoms with Crippen molar-refractivity contribution >= 4 is 46.3 Å². The van der Waals surface area contributed by atoms with Gasteiger partial charge in [-0.3, -0.25) is 4.98 Å². The number of hydrogen-bond donors (Lipinski definition) is 2. The monoisotopic (exact) mass is 392 g/mol. The second kappa shape index (κ2) is 9.91. The number of para-hydroxylation sites is 1. The molecule has 0 radical (unpaired) electrons. The molecule has 5 nitrogen and oxygen atoms in total. The van der Waals surface area contributed by atoms with E-state index in [2.05, 4.69) is 27.8 Å². The van der Waals surface area contributed by atoms with Gasteiger partial charge in [-0.2, -0.15) is 10.2 Å². The van der Waals surface area contributed by atoms with Gasteiger partial charge in [-0.25, -0.2) is 0 Å². The molecule has 0 unspecified atom stereocenters. The summed E-state index contributed by atoms with van der Waals surface area (Å²) >= 11 is 6.07.